The molecule has 74 valence electrons. The third kappa shape index (κ3) is 3.67. The van der Waals surface area contributed by atoms with E-state index in [1.807, 2.05) is 0 Å². The van der Waals surface area contributed by atoms with E-state index in [0.717, 1.165) is 11.6 Å². The van der Waals surface area contributed by atoms with Crippen LogP contribution in [0.15, 0.2) is 4.99 Å². The van der Waals surface area contributed by atoms with E-state index in [4.69, 9.17) is 5.73 Å². The molecule has 0 bridgehead atoms. The van der Waals surface area contributed by atoms with Crippen molar-refractivity contribution in [2.45, 2.75) is 31.6 Å². The normalized spacial score (nSPS) is 31.4. The van der Waals surface area contributed by atoms with Crippen LogP contribution in [-0.4, -0.2) is 28.9 Å². The van der Waals surface area contributed by atoms with Gasteiger partial charge in [-0.1, -0.05) is 18.7 Å². The molecule has 0 aromatic rings. The van der Waals surface area contributed by atoms with Crippen molar-refractivity contribution in [1.82, 2.24) is 5.32 Å². The Labute approximate surface area is 82.4 Å². The molecule has 0 saturated carbocycles. The predicted molar refractivity (Wildman–Crippen MR) is 55.8 cm³/mol. The molecule has 1 amide bonds. The van der Waals surface area contributed by atoms with E-state index in [9.17, 15) is 4.79 Å². The van der Waals surface area contributed by atoms with Gasteiger partial charge in [-0.05, 0) is 13.3 Å². The summed E-state index contributed by atoms with van der Waals surface area (Å²) in [4.78, 5) is 14.6. The maximum absolute atomic E-state index is 10.5. The topological polar surface area (TPSA) is 67.5 Å². The summed E-state index contributed by atoms with van der Waals surface area (Å²) in [6, 6.07) is 0.433. The van der Waals surface area contributed by atoms with Gasteiger partial charge >= 0.3 is 0 Å². The van der Waals surface area contributed by atoms with Gasteiger partial charge < -0.3 is 11.1 Å². The van der Waals surface area contributed by atoms with E-state index >= 15 is 0 Å². The minimum absolute atomic E-state index is 0.0781. The molecule has 1 aliphatic rings. The molecule has 1 rings (SSSR count). The largest absolute Gasteiger partial charge is 0.368 e. The summed E-state index contributed by atoms with van der Waals surface area (Å²) in [5, 5.41) is 4.60. The zero-order chi connectivity index (χ0) is 9.84. The van der Waals surface area contributed by atoms with Crippen LogP contribution in [0.3, 0.4) is 0 Å². The van der Waals surface area contributed by atoms with Gasteiger partial charge in [0.25, 0.3) is 0 Å². The molecule has 0 radical (unpaired) electrons. The smallest absolute Gasteiger partial charge is 0.239 e. The number of aliphatic imine (C=N–C) groups is 1. The number of carbonyl (C=O) groups excluding carboxylic acids is 1. The average Bonchev–Trinajstić information content (AvgIpc) is 1.99. The molecule has 2 unspecified atom stereocenters. The first-order chi connectivity index (χ1) is 6.08. The fourth-order valence-electron chi connectivity index (χ4n) is 1.27. The molecular weight excluding hydrogens is 186 g/mol. The first-order valence-electron chi connectivity index (χ1n) is 4.34. The first-order valence-corrected chi connectivity index (χ1v) is 5.22. The van der Waals surface area contributed by atoms with E-state index in [1.165, 1.54) is 0 Å². The number of primary amides is 1. The Balaban J connectivity index is 2.49. The van der Waals surface area contributed by atoms with Gasteiger partial charge in [-0.25, -0.2) is 0 Å². The molecule has 0 aliphatic carbocycles. The lowest BCUT2D eigenvalue weighted by molar-refractivity contribution is -0.116. The number of amidine groups is 1. The average molecular weight is 201 g/mol. The molecule has 3 N–H and O–H groups in total. The number of carbonyl (C=O) groups is 1. The van der Waals surface area contributed by atoms with E-state index in [1.54, 1.807) is 11.8 Å². The van der Waals surface area contributed by atoms with Gasteiger partial charge in [-0.15, -0.1) is 0 Å². The zero-order valence-corrected chi connectivity index (χ0v) is 8.73. The van der Waals surface area contributed by atoms with Crippen LogP contribution < -0.4 is 11.1 Å². The second-order valence-corrected chi connectivity index (χ2v) is 4.72. The van der Waals surface area contributed by atoms with E-state index in [-0.39, 0.29) is 12.5 Å². The number of rotatable bonds is 2. The highest BCUT2D eigenvalue weighted by Gasteiger charge is 2.19. The summed E-state index contributed by atoms with van der Waals surface area (Å²) in [5.41, 5.74) is 5.00. The van der Waals surface area contributed by atoms with Crippen LogP contribution in [-0.2, 0) is 4.79 Å². The summed E-state index contributed by atoms with van der Waals surface area (Å²) in [7, 11) is 0. The van der Waals surface area contributed by atoms with Crippen molar-refractivity contribution in [3.05, 3.63) is 0 Å². The Morgan fingerprint density at radius 2 is 2.46 bits per heavy atom. The predicted octanol–water partition coefficient (Wildman–Crippen LogP) is 0.331. The fourth-order valence-corrected chi connectivity index (χ4v) is 2.45. The van der Waals surface area contributed by atoms with Gasteiger partial charge in [-0.2, -0.15) is 0 Å². The van der Waals surface area contributed by atoms with E-state index in [2.05, 4.69) is 24.2 Å². The molecule has 0 spiro atoms. The van der Waals surface area contributed by atoms with Crippen LogP contribution in [0.1, 0.15) is 20.3 Å². The van der Waals surface area contributed by atoms with Crippen molar-refractivity contribution in [3.8, 4) is 0 Å². The maximum atomic E-state index is 10.5. The summed E-state index contributed by atoms with van der Waals surface area (Å²) >= 11 is 1.66. The monoisotopic (exact) mass is 201 g/mol. The van der Waals surface area contributed by atoms with Crippen LogP contribution in [0.25, 0.3) is 0 Å². The van der Waals surface area contributed by atoms with Crippen molar-refractivity contribution in [2.75, 3.05) is 6.54 Å². The molecule has 4 nitrogen and oxygen atoms in total. The van der Waals surface area contributed by atoms with Crippen LogP contribution in [0.4, 0.5) is 0 Å². The van der Waals surface area contributed by atoms with E-state index < -0.39 is 0 Å². The lowest BCUT2D eigenvalue weighted by Crippen LogP contribution is -2.38. The number of nitrogens with one attached hydrogen (secondary N) is 1. The highest BCUT2D eigenvalue weighted by Crippen LogP contribution is 2.21. The molecule has 1 aliphatic heterocycles. The van der Waals surface area contributed by atoms with Crippen LogP contribution in [0.2, 0.25) is 0 Å². The minimum Gasteiger partial charge on any atom is -0.368 e. The zero-order valence-electron chi connectivity index (χ0n) is 7.91. The van der Waals surface area contributed by atoms with Crippen LogP contribution in [0.5, 0.6) is 0 Å². The number of nitrogens with zero attached hydrogens (tertiary/aromatic N) is 1. The Hall–Kier alpha value is -0.710. The van der Waals surface area contributed by atoms with Crippen molar-refractivity contribution in [1.29, 1.82) is 0 Å². The highest BCUT2D eigenvalue weighted by molar-refractivity contribution is 8.14. The third-order valence-electron chi connectivity index (χ3n) is 1.75. The number of hydrogen-bond acceptors (Lipinski definition) is 3. The lowest BCUT2D eigenvalue weighted by atomic mass is 10.2. The molecule has 2 atom stereocenters. The summed E-state index contributed by atoms with van der Waals surface area (Å²) in [6.45, 7) is 4.34. The van der Waals surface area contributed by atoms with Crippen molar-refractivity contribution >= 4 is 22.8 Å². The van der Waals surface area contributed by atoms with Crippen molar-refractivity contribution < 1.29 is 4.79 Å². The molecule has 5 heteroatoms. The molecule has 13 heavy (non-hydrogen) atoms. The lowest BCUT2D eigenvalue weighted by Gasteiger charge is -2.26. The minimum atomic E-state index is -0.388. The molecule has 1 saturated heterocycles. The van der Waals surface area contributed by atoms with Gasteiger partial charge in [0.15, 0.2) is 5.17 Å². The van der Waals surface area contributed by atoms with E-state index in [0.29, 0.717) is 11.3 Å². The van der Waals surface area contributed by atoms with Gasteiger partial charge in [0.05, 0.1) is 0 Å². The van der Waals surface area contributed by atoms with Gasteiger partial charge in [0, 0.05) is 11.3 Å². The number of thioether (sulfide) groups is 1. The van der Waals surface area contributed by atoms with Gasteiger partial charge in [-0.3, -0.25) is 9.79 Å². The Kier molecular flexibility index (Phi) is 3.59. The summed E-state index contributed by atoms with van der Waals surface area (Å²) < 4.78 is 0. The summed E-state index contributed by atoms with van der Waals surface area (Å²) in [6.07, 6.45) is 1.13. The number of amides is 1. The Bertz CT molecular complexity index is 217. The first kappa shape index (κ1) is 10.4. The Morgan fingerprint density at radius 1 is 1.77 bits per heavy atom. The van der Waals surface area contributed by atoms with Crippen molar-refractivity contribution in [2.24, 2.45) is 10.7 Å². The quantitative estimate of drug-likeness (QED) is 0.676. The Morgan fingerprint density at radius 3 is 3.00 bits per heavy atom. The third-order valence-corrected chi connectivity index (χ3v) is 2.81. The summed E-state index contributed by atoms with van der Waals surface area (Å²) in [5.74, 6) is -0.388. The fraction of sp³-hybridized carbons (Fsp3) is 0.750. The number of hydrogen-bond donors (Lipinski definition) is 2. The highest BCUT2D eigenvalue weighted by atomic mass is 32.2. The van der Waals surface area contributed by atoms with Gasteiger partial charge in [0.2, 0.25) is 5.91 Å². The molecule has 1 heterocycles. The van der Waals surface area contributed by atoms with Gasteiger partial charge in [0.1, 0.15) is 6.54 Å². The SMILES string of the molecule is CC1CC(C)SC(=NCC(N)=O)N1. The molecular formula is C8H15N3OS. The van der Waals surface area contributed by atoms with Crippen LogP contribution in [0, 0.1) is 0 Å². The van der Waals surface area contributed by atoms with Crippen molar-refractivity contribution in [3.63, 3.8) is 0 Å². The second-order valence-electron chi connectivity index (χ2n) is 3.30. The molecule has 0 aromatic heterocycles. The standard InChI is InChI=1S/C8H15N3OS/c1-5-3-6(2)13-8(11-5)10-4-7(9)12/h5-6H,3-4H2,1-2H3,(H2,9,12)(H,10,11). The number of nitrogens with two attached hydrogens (primary N) is 1. The molecule has 0 aromatic carbocycles. The maximum Gasteiger partial charge on any atom is 0.239 e. The van der Waals surface area contributed by atoms with Crippen LogP contribution >= 0.6 is 11.8 Å². The molecule has 1 fully saturated rings. The second kappa shape index (κ2) is 4.50.